The van der Waals surface area contributed by atoms with E-state index in [1.54, 1.807) is 17.7 Å². The number of piperidine rings is 1. The van der Waals surface area contributed by atoms with Gasteiger partial charge < -0.3 is 10.2 Å². The van der Waals surface area contributed by atoms with Gasteiger partial charge in [0.15, 0.2) is 0 Å². The Morgan fingerprint density at radius 2 is 2.30 bits per heavy atom. The maximum absolute atomic E-state index is 4.59. The van der Waals surface area contributed by atoms with Crippen LogP contribution in [-0.4, -0.2) is 35.6 Å². The summed E-state index contributed by atoms with van der Waals surface area (Å²) in [5.41, 5.74) is 0. The molecule has 1 aliphatic heterocycles. The minimum Gasteiger partial charge on any atom is -0.352 e. The van der Waals surface area contributed by atoms with E-state index in [1.807, 2.05) is 0 Å². The van der Waals surface area contributed by atoms with Crippen LogP contribution in [0.1, 0.15) is 31.6 Å². The van der Waals surface area contributed by atoms with Crippen molar-refractivity contribution in [3.05, 3.63) is 17.3 Å². The van der Waals surface area contributed by atoms with E-state index in [0.29, 0.717) is 6.04 Å². The number of hydrogen-bond acceptors (Lipinski definition) is 5. The first-order valence-corrected chi connectivity index (χ1v) is 8.36. The summed E-state index contributed by atoms with van der Waals surface area (Å²) in [6.45, 7) is 7.61. The van der Waals surface area contributed by atoms with Gasteiger partial charge in [-0.2, -0.15) is 0 Å². The smallest absolute Gasteiger partial charge is 0.141 e. The predicted molar refractivity (Wildman–Crippen MR) is 85.7 cm³/mol. The molecule has 1 aliphatic rings. The molecule has 3 rings (SSSR count). The highest BCUT2D eigenvalue weighted by atomic mass is 32.1. The lowest BCUT2D eigenvalue weighted by molar-refractivity contribution is 0.434. The highest BCUT2D eigenvalue weighted by Crippen LogP contribution is 2.32. The first-order valence-electron chi connectivity index (χ1n) is 7.54. The molecule has 0 radical (unpaired) electrons. The fourth-order valence-corrected chi connectivity index (χ4v) is 3.91. The molecule has 0 aliphatic carbocycles. The number of rotatable bonds is 4. The van der Waals surface area contributed by atoms with Gasteiger partial charge in [0.2, 0.25) is 0 Å². The number of thiophene rings is 1. The molecule has 2 aromatic rings. The summed E-state index contributed by atoms with van der Waals surface area (Å²) in [6, 6.07) is 2.82. The van der Waals surface area contributed by atoms with Crippen LogP contribution < -0.4 is 10.2 Å². The molecule has 108 valence electrons. The third-order valence-corrected chi connectivity index (χ3v) is 5.22. The van der Waals surface area contributed by atoms with Gasteiger partial charge >= 0.3 is 0 Å². The molecule has 2 aromatic heterocycles. The maximum Gasteiger partial charge on any atom is 0.141 e. The van der Waals surface area contributed by atoms with Crippen LogP contribution in [0.4, 0.5) is 5.82 Å². The minimum absolute atomic E-state index is 0.553. The number of fused-ring (bicyclic) bond motifs is 1. The summed E-state index contributed by atoms with van der Waals surface area (Å²) >= 11 is 1.79. The topological polar surface area (TPSA) is 41.0 Å². The van der Waals surface area contributed by atoms with Crippen LogP contribution in [0.25, 0.3) is 10.2 Å². The molecule has 0 amide bonds. The van der Waals surface area contributed by atoms with Crippen molar-refractivity contribution in [2.24, 2.45) is 0 Å². The second-order valence-corrected chi connectivity index (χ2v) is 6.38. The average molecular weight is 290 g/mol. The molecule has 4 nitrogen and oxygen atoms in total. The van der Waals surface area contributed by atoms with E-state index in [4.69, 9.17) is 0 Å². The quantitative estimate of drug-likeness (QED) is 0.940. The molecule has 20 heavy (non-hydrogen) atoms. The number of aromatic nitrogens is 2. The lowest BCUT2D eigenvalue weighted by atomic mass is 10.1. The third-order valence-electron chi connectivity index (χ3n) is 4.03. The Kier molecular flexibility index (Phi) is 4.17. The molecule has 0 spiro atoms. The zero-order chi connectivity index (χ0) is 13.9. The van der Waals surface area contributed by atoms with Crippen LogP contribution in [0.3, 0.4) is 0 Å². The summed E-state index contributed by atoms with van der Waals surface area (Å²) < 4.78 is 0. The number of nitrogens with zero attached hydrogens (tertiary/aromatic N) is 3. The number of aryl methyl sites for hydroxylation is 1. The second kappa shape index (κ2) is 6.06. The number of anilines is 1. The summed E-state index contributed by atoms with van der Waals surface area (Å²) in [5, 5.41) is 4.73. The number of likely N-dealkylation sites (N-methyl/N-ethyl adjacent to an activating group) is 1. The molecule has 1 N–H and O–H groups in total. The molecule has 5 heteroatoms. The van der Waals surface area contributed by atoms with Crippen molar-refractivity contribution in [1.82, 2.24) is 15.3 Å². The van der Waals surface area contributed by atoms with Crippen molar-refractivity contribution in [2.45, 2.75) is 39.2 Å². The molecule has 0 saturated carbocycles. The highest BCUT2D eigenvalue weighted by Gasteiger charge is 2.23. The van der Waals surface area contributed by atoms with Crippen LogP contribution >= 0.6 is 11.3 Å². The number of nitrogens with one attached hydrogen (secondary N) is 1. The first kappa shape index (κ1) is 13.8. The van der Waals surface area contributed by atoms with Gasteiger partial charge in [0.25, 0.3) is 0 Å². The third kappa shape index (κ3) is 2.52. The molecule has 1 fully saturated rings. The van der Waals surface area contributed by atoms with Crippen LogP contribution in [0.5, 0.6) is 0 Å². The van der Waals surface area contributed by atoms with E-state index < -0.39 is 0 Å². The summed E-state index contributed by atoms with van der Waals surface area (Å²) in [4.78, 5) is 14.0. The molecule has 1 saturated heterocycles. The summed E-state index contributed by atoms with van der Waals surface area (Å²) in [5.74, 6) is 1.11. The van der Waals surface area contributed by atoms with Crippen molar-refractivity contribution >= 4 is 27.4 Å². The zero-order valence-corrected chi connectivity index (χ0v) is 13.0. The first-order chi connectivity index (χ1) is 9.83. The minimum atomic E-state index is 0.553. The van der Waals surface area contributed by atoms with Crippen molar-refractivity contribution in [3.63, 3.8) is 0 Å². The average Bonchev–Trinajstić information content (AvgIpc) is 2.93. The fourth-order valence-electron chi connectivity index (χ4n) is 2.98. The van der Waals surface area contributed by atoms with Gasteiger partial charge in [-0.3, -0.25) is 0 Å². The van der Waals surface area contributed by atoms with Crippen LogP contribution in [0.15, 0.2) is 12.4 Å². The van der Waals surface area contributed by atoms with E-state index in [-0.39, 0.29) is 0 Å². The van der Waals surface area contributed by atoms with E-state index in [1.165, 1.54) is 23.1 Å². The lowest BCUT2D eigenvalue weighted by Crippen LogP contribution is -2.46. The molecule has 1 atom stereocenters. The molecule has 0 bridgehead atoms. The Hall–Kier alpha value is -1.20. The maximum atomic E-state index is 4.59. The predicted octanol–water partition coefficient (Wildman–Crippen LogP) is 2.83. The van der Waals surface area contributed by atoms with Crippen molar-refractivity contribution in [2.75, 3.05) is 24.5 Å². The van der Waals surface area contributed by atoms with E-state index in [0.717, 1.165) is 36.7 Å². The Morgan fingerprint density at radius 1 is 1.40 bits per heavy atom. The van der Waals surface area contributed by atoms with Gasteiger partial charge in [-0.15, -0.1) is 11.3 Å². The Labute approximate surface area is 124 Å². The second-order valence-electron chi connectivity index (χ2n) is 5.27. The number of hydrogen-bond donors (Lipinski definition) is 1. The largest absolute Gasteiger partial charge is 0.352 e. The normalized spacial score (nSPS) is 19.4. The van der Waals surface area contributed by atoms with Gasteiger partial charge in [-0.05, 0) is 38.8 Å². The monoisotopic (exact) mass is 290 g/mol. The summed E-state index contributed by atoms with van der Waals surface area (Å²) in [7, 11) is 0. The molecule has 0 aromatic carbocycles. The van der Waals surface area contributed by atoms with Crippen LogP contribution in [-0.2, 0) is 6.42 Å². The molecule has 1 unspecified atom stereocenters. The van der Waals surface area contributed by atoms with Crippen molar-refractivity contribution in [3.8, 4) is 0 Å². The van der Waals surface area contributed by atoms with Gasteiger partial charge in [0.05, 0.1) is 5.39 Å². The van der Waals surface area contributed by atoms with Crippen LogP contribution in [0, 0.1) is 0 Å². The Bertz CT molecular complexity index is 574. The van der Waals surface area contributed by atoms with Gasteiger partial charge in [0.1, 0.15) is 17.0 Å². The fraction of sp³-hybridized carbons (Fsp3) is 0.600. The van der Waals surface area contributed by atoms with Crippen molar-refractivity contribution in [1.29, 1.82) is 0 Å². The Morgan fingerprint density at radius 3 is 3.00 bits per heavy atom. The SMILES string of the molecule is CCc1cc2c(N(CC)C3CCCNC3)ncnc2s1. The lowest BCUT2D eigenvalue weighted by Gasteiger charge is -2.35. The molecular weight excluding hydrogens is 268 g/mol. The van der Waals surface area contributed by atoms with Gasteiger partial charge in [-0.25, -0.2) is 9.97 Å². The van der Waals surface area contributed by atoms with Gasteiger partial charge in [0, 0.05) is 24.0 Å². The van der Waals surface area contributed by atoms with E-state index >= 15 is 0 Å². The highest BCUT2D eigenvalue weighted by molar-refractivity contribution is 7.18. The standard InChI is InChI=1S/C15H22N4S/c1-3-12-8-13-14(17-10-18-15(13)20-12)19(4-2)11-6-5-7-16-9-11/h8,10-11,16H,3-7,9H2,1-2H3. The van der Waals surface area contributed by atoms with Gasteiger partial charge in [-0.1, -0.05) is 6.92 Å². The molecule has 3 heterocycles. The van der Waals surface area contributed by atoms with E-state index in [9.17, 15) is 0 Å². The molecular formula is C15H22N4S. The van der Waals surface area contributed by atoms with Crippen LogP contribution in [0.2, 0.25) is 0 Å². The Balaban J connectivity index is 1.99. The van der Waals surface area contributed by atoms with E-state index in [2.05, 4.69) is 40.1 Å². The van der Waals surface area contributed by atoms with Crippen molar-refractivity contribution < 1.29 is 0 Å². The summed E-state index contributed by atoms with van der Waals surface area (Å²) in [6.07, 6.45) is 5.28. The zero-order valence-electron chi connectivity index (χ0n) is 12.2.